The highest BCUT2D eigenvalue weighted by atomic mass is 19.1. The van der Waals surface area contributed by atoms with Gasteiger partial charge in [0.1, 0.15) is 11.6 Å². The third kappa shape index (κ3) is 3.59. The second-order valence-electron chi connectivity index (χ2n) is 7.05. The summed E-state index contributed by atoms with van der Waals surface area (Å²) in [7, 11) is 0. The van der Waals surface area contributed by atoms with Gasteiger partial charge in [-0.15, -0.1) is 0 Å². The first kappa shape index (κ1) is 18.4. The zero-order valence-corrected chi connectivity index (χ0v) is 15.5. The van der Waals surface area contributed by atoms with E-state index in [0.29, 0.717) is 25.0 Å². The van der Waals surface area contributed by atoms with Crippen LogP contribution in [0.4, 0.5) is 10.1 Å². The maximum atomic E-state index is 14.4. The molecule has 2 aromatic carbocycles. The number of amides is 1. The lowest BCUT2D eigenvalue weighted by atomic mass is 9.77. The first-order chi connectivity index (χ1) is 12.6. The third-order valence-electron chi connectivity index (χ3n) is 5.18. The van der Waals surface area contributed by atoms with Gasteiger partial charge in [-0.05, 0) is 56.0 Å². The van der Waals surface area contributed by atoms with Crippen LogP contribution in [-0.2, 0) is 10.2 Å². The van der Waals surface area contributed by atoms with Gasteiger partial charge in [0, 0.05) is 11.3 Å². The number of benzene rings is 2. The fourth-order valence-electron chi connectivity index (χ4n) is 3.80. The smallest absolute Gasteiger partial charge is 0.235 e. The summed E-state index contributed by atoms with van der Waals surface area (Å²) in [6.07, 6.45) is 4.17. The van der Waals surface area contributed by atoms with E-state index in [1.54, 1.807) is 18.2 Å². The van der Waals surface area contributed by atoms with Crippen molar-refractivity contribution < 1.29 is 13.9 Å². The van der Waals surface area contributed by atoms with Gasteiger partial charge in [-0.3, -0.25) is 4.79 Å². The Morgan fingerprint density at radius 1 is 1.19 bits per heavy atom. The molecule has 1 amide bonds. The minimum atomic E-state index is -0.781. The molecular formula is C22H26FNO2. The van der Waals surface area contributed by atoms with Gasteiger partial charge in [0.05, 0.1) is 12.0 Å². The normalized spacial score (nSPS) is 15.7. The number of ether oxygens (including phenoxy) is 1. The van der Waals surface area contributed by atoms with Crippen molar-refractivity contribution in [1.82, 2.24) is 0 Å². The van der Waals surface area contributed by atoms with Crippen LogP contribution >= 0.6 is 0 Å². The molecule has 0 saturated heterocycles. The van der Waals surface area contributed by atoms with Crippen molar-refractivity contribution in [3.63, 3.8) is 0 Å². The summed E-state index contributed by atoms with van der Waals surface area (Å²) >= 11 is 0. The van der Waals surface area contributed by atoms with E-state index in [0.717, 1.165) is 36.3 Å². The van der Waals surface area contributed by atoms with Gasteiger partial charge in [-0.25, -0.2) is 4.39 Å². The SMILES string of the molecule is CCCOc1ccc(NC(=O)C2(c3ccccc3F)CCCC2)cc1C. The number of anilines is 1. The van der Waals surface area contributed by atoms with Crippen molar-refractivity contribution in [3.05, 3.63) is 59.4 Å². The maximum absolute atomic E-state index is 14.4. The average molecular weight is 355 g/mol. The fourth-order valence-corrected chi connectivity index (χ4v) is 3.80. The molecular weight excluding hydrogens is 329 g/mol. The molecule has 138 valence electrons. The number of halogens is 1. The lowest BCUT2D eigenvalue weighted by Gasteiger charge is -2.28. The third-order valence-corrected chi connectivity index (χ3v) is 5.18. The van der Waals surface area contributed by atoms with Crippen LogP contribution in [0.2, 0.25) is 0 Å². The van der Waals surface area contributed by atoms with Crippen molar-refractivity contribution >= 4 is 11.6 Å². The van der Waals surface area contributed by atoms with Gasteiger partial charge < -0.3 is 10.1 Å². The van der Waals surface area contributed by atoms with Crippen LogP contribution in [0.1, 0.15) is 50.2 Å². The molecule has 1 aliphatic carbocycles. The molecule has 26 heavy (non-hydrogen) atoms. The Balaban J connectivity index is 1.83. The Bertz CT molecular complexity index is 781. The first-order valence-corrected chi connectivity index (χ1v) is 9.37. The Morgan fingerprint density at radius 3 is 2.58 bits per heavy atom. The first-order valence-electron chi connectivity index (χ1n) is 9.37. The number of aryl methyl sites for hydroxylation is 1. The molecule has 0 aromatic heterocycles. The van der Waals surface area contributed by atoms with E-state index in [-0.39, 0.29) is 11.7 Å². The zero-order chi connectivity index (χ0) is 18.6. The largest absolute Gasteiger partial charge is 0.493 e. The van der Waals surface area contributed by atoms with Crippen LogP contribution in [0.15, 0.2) is 42.5 Å². The van der Waals surface area contributed by atoms with Gasteiger partial charge in [0.2, 0.25) is 5.91 Å². The summed E-state index contributed by atoms with van der Waals surface area (Å²) in [5, 5.41) is 3.01. The number of hydrogen-bond acceptors (Lipinski definition) is 2. The summed E-state index contributed by atoms with van der Waals surface area (Å²) in [6.45, 7) is 4.69. The van der Waals surface area contributed by atoms with E-state index in [4.69, 9.17) is 4.74 Å². The monoisotopic (exact) mass is 355 g/mol. The molecule has 0 heterocycles. The second kappa shape index (κ2) is 7.90. The summed E-state index contributed by atoms with van der Waals surface area (Å²) in [6, 6.07) is 12.3. The Morgan fingerprint density at radius 2 is 1.92 bits per heavy atom. The molecule has 0 radical (unpaired) electrons. The predicted molar refractivity (Wildman–Crippen MR) is 102 cm³/mol. The second-order valence-corrected chi connectivity index (χ2v) is 7.05. The van der Waals surface area contributed by atoms with E-state index in [1.165, 1.54) is 6.07 Å². The van der Waals surface area contributed by atoms with Crippen LogP contribution in [-0.4, -0.2) is 12.5 Å². The molecule has 1 fully saturated rings. The fraction of sp³-hybridized carbons (Fsp3) is 0.409. The van der Waals surface area contributed by atoms with Crippen LogP contribution < -0.4 is 10.1 Å². The van der Waals surface area contributed by atoms with E-state index in [9.17, 15) is 9.18 Å². The predicted octanol–water partition coefficient (Wildman–Crippen LogP) is 5.37. The van der Waals surface area contributed by atoms with Crippen molar-refractivity contribution in [2.45, 2.75) is 51.4 Å². The Hall–Kier alpha value is -2.36. The molecule has 0 unspecified atom stereocenters. The summed E-state index contributed by atoms with van der Waals surface area (Å²) in [5.74, 6) is 0.403. The quantitative estimate of drug-likeness (QED) is 0.756. The molecule has 4 heteroatoms. The Labute approximate surface area is 154 Å². The minimum absolute atomic E-state index is 0.123. The number of hydrogen-bond donors (Lipinski definition) is 1. The highest BCUT2D eigenvalue weighted by Crippen LogP contribution is 2.43. The lowest BCUT2D eigenvalue weighted by molar-refractivity contribution is -0.121. The van der Waals surface area contributed by atoms with E-state index < -0.39 is 5.41 Å². The van der Waals surface area contributed by atoms with Gasteiger partial charge in [-0.2, -0.15) is 0 Å². The van der Waals surface area contributed by atoms with Crippen LogP contribution in [0, 0.1) is 12.7 Å². The maximum Gasteiger partial charge on any atom is 0.235 e. The van der Waals surface area contributed by atoms with Crippen molar-refractivity contribution in [2.24, 2.45) is 0 Å². The molecule has 1 N–H and O–H groups in total. The van der Waals surface area contributed by atoms with E-state index in [2.05, 4.69) is 12.2 Å². The number of carbonyl (C=O) groups is 1. The van der Waals surface area contributed by atoms with Gasteiger partial charge in [0.25, 0.3) is 0 Å². The molecule has 0 spiro atoms. The number of carbonyl (C=O) groups excluding carboxylic acids is 1. The van der Waals surface area contributed by atoms with Crippen molar-refractivity contribution in [1.29, 1.82) is 0 Å². The molecule has 1 aliphatic rings. The minimum Gasteiger partial charge on any atom is -0.493 e. The molecule has 3 rings (SSSR count). The Kier molecular flexibility index (Phi) is 5.60. The van der Waals surface area contributed by atoms with Crippen LogP contribution in [0.5, 0.6) is 5.75 Å². The lowest BCUT2D eigenvalue weighted by Crippen LogP contribution is -2.38. The molecule has 3 nitrogen and oxygen atoms in total. The van der Waals surface area contributed by atoms with Crippen LogP contribution in [0.3, 0.4) is 0 Å². The summed E-state index contributed by atoms with van der Waals surface area (Å²) in [5.41, 5.74) is 1.42. The van der Waals surface area contributed by atoms with E-state index in [1.807, 2.05) is 25.1 Å². The van der Waals surface area contributed by atoms with Crippen molar-refractivity contribution in [2.75, 3.05) is 11.9 Å². The summed E-state index contributed by atoms with van der Waals surface area (Å²) in [4.78, 5) is 13.1. The molecule has 1 saturated carbocycles. The van der Waals surface area contributed by atoms with Gasteiger partial charge >= 0.3 is 0 Å². The highest BCUT2D eigenvalue weighted by Gasteiger charge is 2.44. The molecule has 0 bridgehead atoms. The molecule has 2 aromatic rings. The average Bonchev–Trinajstić information content (AvgIpc) is 3.12. The van der Waals surface area contributed by atoms with Gasteiger partial charge in [0.15, 0.2) is 0 Å². The van der Waals surface area contributed by atoms with Crippen LogP contribution in [0.25, 0.3) is 0 Å². The van der Waals surface area contributed by atoms with E-state index >= 15 is 0 Å². The molecule has 0 aliphatic heterocycles. The standard InChI is InChI=1S/C22H26FNO2/c1-3-14-26-20-11-10-17(15-16(20)2)24-21(25)22(12-6-7-13-22)18-8-4-5-9-19(18)23/h4-5,8-11,15H,3,6-7,12-14H2,1-2H3,(H,24,25). The zero-order valence-electron chi connectivity index (χ0n) is 15.5. The summed E-state index contributed by atoms with van der Waals surface area (Å²) < 4.78 is 20.1. The number of nitrogens with one attached hydrogen (secondary N) is 1. The topological polar surface area (TPSA) is 38.3 Å². The number of rotatable bonds is 6. The highest BCUT2D eigenvalue weighted by molar-refractivity contribution is 5.99. The molecule has 0 atom stereocenters. The van der Waals surface area contributed by atoms with Gasteiger partial charge in [-0.1, -0.05) is 38.0 Å². The van der Waals surface area contributed by atoms with Crippen molar-refractivity contribution in [3.8, 4) is 5.75 Å².